The molecular formula is C23H19F3N4O. The second-order valence-electron chi connectivity index (χ2n) is 8.11. The van der Waals surface area contributed by atoms with Crippen LogP contribution in [0.25, 0.3) is 11.0 Å². The smallest absolute Gasteiger partial charge is 0.320 e. The molecule has 5 nitrogen and oxygen atoms in total. The Labute approximate surface area is 176 Å². The summed E-state index contributed by atoms with van der Waals surface area (Å²) < 4.78 is 46.5. The van der Waals surface area contributed by atoms with Crippen LogP contribution in [0.4, 0.5) is 23.7 Å². The molecule has 2 amide bonds. The maximum Gasteiger partial charge on any atom is 0.320 e. The minimum absolute atomic E-state index is 0.0353. The minimum Gasteiger partial charge on any atom is -0.326 e. The van der Waals surface area contributed by atoms with E-state index in [1.807, 2.05) is 24.3 Å². The fraction of sp³-hybridized carbons (Fsp3) is 0.304. The predicted octanol–water partition coefficient (Wildman–Crippen LogP) is 4.62. The molecule has 0 saturated heterocycles. The molecule has 1 aromatic heterocycles. The van der Waals surface area contributed by atoms with Gasteiger partial charge in [-0.2, -0.15) is 0 Å². The van der Waals surface area contributed by atoms with Crippen LogP contribution in [-0.2, 0) is 12.1 Å². The van der Waals surface area contributed by atoms with Crippen molar-refractivity contribution in [2.45, 2.75) is 37.8 Å². The number of carbonyl (C=O) groups is 1. The number of halogens is 3. The molecule has 1 atom stereocenters. The van der Waals surface area contributed by atoms with Crippen molar-refractivity contribution < 1.29 is 18.0 Å². The third kappa shape index (κ3) is 3.30. The summed E-state index contributed by atoms with van der Waals surface area (Å²) in [5.74, 6) is 1.35. The average Bonchev–Trinajstić information content (AvgIpc) is 3.46. The molecule has 1 saturated carbocycles. The lowest BCUT2D eigenvalue weighted by molar-refractivity contribution is -0.0465. The van der Waals surface area contributed by atoms with Crippen molar-refractivity contribution in [2.75, 3.05) is 5.32 Å². The number of carbonyl (C=O) groups excluding carboxylic acids is 1. The number of hydrogen-bond donors (Lipinski definition) is 2. The number of fused-ring (bicyclic) bond motifs is 2. The van der Waals surface area contributed by atoms with Crippen molar-refractivity contribution in [2.24, 2.45) is 5.92 Å². The van der Waals surface area contributed by atoms with Crippen molar-refractivity contribution in [3.05, 3.63) is 59.7 Å². The summed E-state index contributed by atoms with van der Waals surface area (Å²) in [5.41, 5.74) is -0.435. The molecule has 5 rings (SSSR count). The number of urea groups is 1. The molecule has 2 N–H and O–H groups in total. The van der Waals surface area contributed by atoms with Crippen molar-refractivity contribution >= 4 is 22.8 Å². The number of anilines is 1. The third-order valence-corrected chi connectivity index (χ3v) is 5.71. The normalized spacial score (nSPS) is 20.5. The van der Waals surface area contributed by atoms with Gasteiger partial charge in [-0.1, -0.05) is 24.0 Å². The van der Waals surface area contributed by atoms with E-state index in [2.05, 4.69) is 27.5 Å². The Morgan fingerprint density at radius 1 is 1.29 bits per heavy atom. The number of alkyl halides is 2. The quantitative estimate of drug-likeness (QED) is 0.603. The van der Waals surface area contributed by atoms with Crippen LogP contribution in [0.5, 0.6) is 0 Å². The number of amides is 2. The Balaban J connectivity index is 1.61. The number of nitrogens with zero attached hydrogens (tertiary/aromatic N) is 2. The number of benzene rings is 2. The zero-order valence-electron chi connectivity index (χ0n) is 16.7. The highest BCUT2D eigenvalue weighted by Gasteiger charge is 2.55. The van der Waals surface area contributed by atoms with E-state index >= 15 is 4.39 Å². The molecule has 1 aliphatic heterocycles. The maximum atomic E-state index is 15.1. The van der Waals surface area contributed by atoms with Gasteiger partial charge in [0.2, 0.25) is 0 Å². The van der Waals surface area contributed by atoms with Crippen molar-refractivity contribution in [1.82, 2.24) is 14.9 Å². The molecule has 2 aliphatic rings. The number of hydrogen-bond acceptors (Lipinski definition) is 2. The van der Waals surface area contributed by atoms with Crippen LogP contribution < -0.4 is 10.6 Å². The van der Waals surface area contributed by atoms with Gasteiger partial charge in [0.25, 0.3) is 5.92 Å². The predicted molar refractivity (Wildman–Crippen MR) is 110 cm³/mol. The SMILES string of the molecule is CC(F)(F)[C@@]1(C#CC2CC2)NC(=O)Nc2cc(Cn3cnc4ccccc43)c(F)cc21. The van der Waals surface area contributed by atoms with Gasteiger partial charge in [0.1, 0.15) is 5.82 Å². The monoisotopic (exact) mass is 424 g/mol. The second-order valence-corrected chi connectivity index (χ2v) is 8.11. The molecular weight excluding hydrogens is 405 g/mol. The highest BCUT2D eigenvalue weighted by Crippen LogP contribution is 2.44. The zero-order chi connectivity index (χ0) is 21.8. The van der Waals surface area contributed by atoms with Crippen LogP contribution in [0.3, 0.4) is 0 Å². The third-order valence-electron chi connectivity index (χ3n) is 5.71. The van der Waals surface area contributed by atoms with E-state index in [1.54, 1.807) is 10.9 Å². The highest BCUT2D eigenvalue weighted by atomic mass is 19.3. The molecule has 0 unspecified atom stereocenters. The number of aromatic nitrogens is 2. The van der Waals surface area contributed by atoms with E-state index in [4.69, 9.17) is 0 Å². The van der Waals surface area contributed by atoms with Crippen molar-refractivity contribution in [1.29, 1.82) is 0 Å². The van der Waals surface area contributed by atoms with Gasteiger partial charge >= 0.3 is 6.03 Å². The van der Waals surface area contributed by atoms with E-state index in [0.29, 0.717) is 6.92 Å². The molecule has 0 spiro atoms. The lowest BCUT2D eigenvalue weighted by Crippen LogP contribution is -2.59. The van der Waals surface area contributed by atoms with Crippen LogP contribution >= 0.6 is 0 Å². The molecule has 2 aromatic carbocycles. The van der Waals surface area contributed by atoms with E-state index in [9.17, 15) is 13.6 Å². The number of nitrogens with one attached hydrogen (secondary N) is 2. The standard InChI is InChI=1S/C23H19F3N4O/c1-22(25,26)23(9-8-14-6-7-14)16-11-17(24)15(10-19(16)28-21(31)29-23)12-30-13-27-18-4-2-3-5-20(18)30/h2-5,10-11,13-14H,6-7,12H2,1H3,(H2,28,29,31)/t23-/m0/s1. The molecule has 31 heavy (non-hydrogen) atoms. The molecule has 1 aliphatic carbocycles. The van der Waals surface area contributed by atoms with E-state index in [1.165, 1.54) is 6.07 Å². The van der Waals surface area contributed by atoms with Crippen molar-refractivity contribution in [3.63, 3.8) is 0 Å². The van der Waals surface area contributed by atoms with Crippen LogP contribution in [-0.4, -0.2) is 21.5 Å². The average molecular weight is 424 g/mol. The molecule has 0 bridgehead atoms. The highest BCUT2D eigenvalue weighted by molar-refractivity contribution is 5.95. The minimum atomic E-state index is -3.43. The van der Waals surface area contributed by atoms with Gasteiger partial charge < -0.3 is 15.2 Å². The summed E-state index contributed by atoms with van der Waals surface area (Å²) in [7, 11) is 0. The summed E-state index contributed by atoms with van der Waals surface area (Å²) in [4.78, 5) is 16.6. The zero-order valence-corrected chi connectivity index (χ0v) is 16.7. The number of rotatable bonds is 3. The number of para-hydroxylation sites is 2. The Kier molecular flexibility index (Phi) is 4.26. The summed E-state index contributed by atoms with van der Waals surface area (Å²) >= 11 is 0. The molecule has 8 heteroatoms. The fourth-order valence-corrected chi connectivity index (χ4v) is 3.86. The Bertz CT molecular complexity index is 1260. The molecule has 2 heterocycles. The van der Waals surface area contributed by atoms with Gasteiger partial charge in [0, 0.05) is 29.7 Å². The topological polar surface area (TPSA) is 59.0 Å². The van der Waals surface area contributed by atoms with Gasteiger partial charge in [-0.05, 0) is 37.1 Å². The van der Waals surface area contributed by atoms with Gasteiger partial charge in [0.15, 0.2) is 5.54 Å². The first-order chi connectivity index (χ1) is 14.8. The molecule has 3 aromatic rings. The van der Waals surface area contributed by atoms with E-state index in [0.717, 1.165) is 29.9 Å². The van der Waals surface area contributed by atoms with Crippen LogP contribution in [0.2, 0.25) is 0 Å². The lowest BCUT2D eigenvalue weighted by Gasteiger charge is -2.40. The van der Waals surface area contributed by atoms with Crippen molar-refractivity contribution in [3.8, 4) is 11.8 Å². The summed E-state index contributed by atoms with van der Waals surface area (Å²) in [6.07, 6.45) is 3.27. The van der Waals surface area contributed by atoms with Crippen LogP contribution in [0.15, 0.2) is 42.7 Å². The maximum absolute atomic E-state index is 15.1. The molecule has 1 fully saturated rings. The van der Waals surface area contributed by atoms with Gasteiger partial charge in [-0.25, -0.2) is 22.9 Å². The summed E-state index contributed by atoms with van der Waals surface area (Å²) in [6, 6.07) is 9.06. The second kappa shape index (κ2) is 6.77. The Morgan fingerprint density at radius 2 is 2.06 bits per heavy atom. The Hall–Kier alpha value is -3.47. The van der Waals surface area contributed by atoms with E-state index in [-0.39, 0.29) is 29.3 Å². The van der Waals surface area contributed by atoms with E-state index < -0.39 is 23.3 Å². The summed E-state index contributed by atoms with van der Waals surface area (Å²) in [6.45, 7) is 0.819. The first-order valence-electron chi connectivity index (χ1n) is 9.99. The number of imidazole rings is 1. The van der Waals surface area contributed by atoms with Crippen LogP contribution in [0.1, 0.15) is 30.9 Å². The largest absolute Gasteiger partial charge is 0.326 e. The first-order valence-corrected chi connectivity index (χ1v) is 9.99. The molecule has 0 radical (unpaired) electrons. The summed E-state index contributed by atoms with van der Waals surface area (Å²) in [5, 5.41) is 4.80. The van der Waals surface area contributed by atoms with Crippen LogP contribution in [0, 0.1) is 23.6 Å². The van der Waals surface area contributed by atoms with Gasteiger partial charge in [-0.15, -0.1) is 0 Å². The fourth-order valence-electron chi connectivity index (χ4n) is 3.86. The Morgan fingerprint density at radius 3 is 2.81 bits per heavy atom. The first kappa shape index (κ1) is 19.5. The lowest BCUT2D eigenvalue weighted by atomic mass is 9.81. The van der Waals surface area contributed by atoms with Gasteiger partial charge in [-0.3, -0.25) is 0 Å². The van der Waals surface area contributed by atoms with Gasteiger partial charge in [0.05, 0.1) is 23.9 Å². The molecule has 158 valence electrons.